The summed E-state index contributed by atoms with van der Waals surface area (Å²) in [5.41, 5.74) is 2.61. The number of halogens is 1. The largest absolute Gasteiger partial charge is 0.396 e. The van der Waals surface area contributed by atoms with Gasteiger partial charge in [0.25, 0.3) is 0 Å². The fourth-order valence-corrected chi connectivity index (χ4v) is 5.57. The molecule has 26 heavy (non-hydrogen) atoms. The van der Waals surface area contributed by atoms with Gasteiger partial charge >= 0.3 is 0 Å². The van der Waals surface area contributed by atoms with Crippen LogP contribution in [0.25, 0.3) is 0 Å². The van der Waals surface area contributed by atoms with E-state index in [0.29, 0.717) is 11.3 Å². The van der Waals surface area contributed by atoms with E-state index in [1.807, 2.05) is 23.9 Å². The van der Waals surface area contributed by atoms with Crippen LogP contribution >= 0.6 is 23.4 Å². The normalized spacial score (nSPS) is 22.2. The maximum Gasteiger partial charge on any atom is 0.0471 e. The first kappa shape index (κ1) is 22.4. The van der Waals surface area contributed by atoms with Gasteiger partial charge in [0, 0.05) is 55.3 Å². The second-order valence-corrected chi connectivity index (χ2v) is 8.55. The third kappa shape index (κ3) is 6.64. The average molecular weight is 463 g/mol. The van der Waals surface area contributed by atoms with Crippen LogP contribution in [0.4, 0.5) is 0 Å². The number of alkyl halides is 1. The first-order valence-corrected chi connectivity index (χ1v) is 10.6. The number of benzene rings is 2. The molecule has 1 saturated carbocycles. The van der Waals surface area contributed by atoms with E-state index >= 15 is 0 Å². The van der Waals surface area contributed by atoms with Crippen LogP contribution in [0.15, 0.2) is 53.4 Å². The Balaban J connectivity index is 0.00000243. The molecule has 1 fully saturated rings. The third-order valence-electron chi connectivity index (χ3n) is 5.22. The van der Waals surface area contributed by atoms with Gasteiger partial charge < -0.3 is 5.11 Å². The van der Waals surface area contributed by atoms with Crippen molar-refractivity contribution in [3.8, 4) is 0 Å². The van der Waals surface area contributed by atoms with Gasteiger partial charge in [0.1, 0.15) is 0 Å². The monoisotopic (exact) mass is 462 g/mol. The Morgan fingerprint density at radius 1 is 1.08 bits per heavy atom. The first-order valence-electron chi connectivity index (χ1n) is 9.18. The zero-order valence-corrected chi connectivity index (χ0v) is 19.5. The Labute approximate surface area is 192 Å². The summed E-state index contributed by atoms with van der Waals surface area (Å²) in [7, 11) is 0. The van der Waals surface area contributed by atoms with Crippen molar-refractivity contribution in [2.24, 2.45) is 11.8 Å². The molecule has 0 heterocycles. The summed E-state index contributed by atoms with van der Waals surface area (Å²) in [4.78, 5) is 1.29. The maximum atomic E-state index is 9.11. The van der Waals surface area contributed by atoms with Gasteiger partial charge in [-0.2, -0.15) is 35.9 Å². The van der Waals surface area contributed by atoms with E-state index in [0.717, 1.165) is 30.9 Å². The third-order valence-corrected chi connectivity index (χ3v) is 6.90. The second kappa shape index (κ2) is 11.9. The molecule has 137 valence electrons. The first-order chi connectivity index (χ1) is 12.3. The minimum atomic E-state index is 0. The van der Waals surface area contributed by atoms with Gasteiger partial charge in [-0.05, 0) is 55.2 Å². The zero-order valence-electron chi connectivity index (χ0n) is 15.1. The smallest absolute Gasteiger partial charge is 0.0471 e. The molecule has 4 heteroatoms. The minimum Gasteiger partial charge on any atom is -0.396 e. The van der Waals surface area contributed by atoms with E-state index in [1.165, 1.54) is 28.9 Å². The SMILES string of the molecule is OCCc1cccc(SC[C@H]2C(Cl)CC[C@@H]2CCc2cc[c-]cc2)c1.[Y]. The van der Waals surface area contributed by atoms with E-state index in [-0.39, 0.29) is 39.3 Å². The molecule has 0 spiro atoms. The molecular formula is C22H26ClOSY-. The summed E-state index contributed by atoms with van der Waals surface area (Å²) in [5.74, 6) is 2.40. The number of hydrogen-bond donors (Lipinski definition) is 1. The Kier molecular flexibility index (Phi) is 10.2. The van der Waals surface area contributed by atoms with Crippen LogP contribution in [0.1, 0.15) is 30.4 Å². The van der Waals surface area contributed by atoms with Crippen molar-refractivity contribution in [3.63, 3.8) is 0 Å². The fraction of sp³-hybridized carbons (Fsp3) is 0.455. The molecule has 1 unspecified atom stereocenters. The van der Waals surface area contributed by atoms with Crippen LogP contribution in [0, 0.1) is 17.9 Å². The van der Waals surface area contributed by atoms with Gasteiger partial charge in [0.2, 0.25) is 0 Å². The molecule has 2 aromatic rings. The Morgan fingerprint density at radius 3 is 2.65 bits per heavy atom. The Hall–Kier alpha value is 0.144. The molecule has 3 rings (SSSR count). The summed E-state index contributed by atoms with van der Waals surface area (Å²) < 4.78 is 0. The van der Waals surface area contributed by atoms with Crippen molar-refractivity contribution in [2.45, 2.75) is 42.4 Å². The second-order valence-electron chi connectivity index (χ2n) is 6.90. The van der Waals surface area contributed by atoms with Crippen LogP contribution in [0.5, 0.6) is 0 Å². The molecule has 2 aromatic carbocycles. The van der Waals surface area contributed by atoms with Crippen LogP contribution in [0.2, 0.25) is 0 Å². The quantitative estimate of drug-likeness (QED) is 0.323. The summed E-state index contributed by atoms with van der Waals surface area (Å²) >= 11 is 8.57. The van der Waals surface area contributed by atoms with Crippen molar-refractivity contribution in [2.75, 3.05) is 12.4 Å². The van der Waals surface area contributed by atoms with E-state index < -0.39 is 0 Å². The van der Waals surface area contributed by atoms with Crippen LogP contribution < -0.4 is 0 Å². The van der Waals surface area contributed by atoms with E-state index in [1.54, 1.807) is 0 Å². The molecule has 1 N–H and O–H groups in total. The molecule has 0 saturated heterocycles. The molecule has 0 aromatic heterocycles. The van der Waals surface area contributed by atoms with Crippen molar-refractivity contribution in [3.05, 3.63) is 65.7 Å². The summed E-state index contributed by atoms with van der Waals surface area (Å²) in [6.45, 7) is 0.208. The maximum absolute atomic E-state index is 9.11. The number of thioether (sulfide) groups is 1. The van der Waals surface area contributed by atoms with Crippen molar-refractivity contribution >= 4 is 23.4 Å². The molecule has 1 nitrogen and oxygen atoms in total. The molecule has 1 aliphatic carbocycles. The van der Waals surface area contributed by atoms with Crippen LogP contribution in [-0.2, 0) is 45.6 Å². The van der Waals surface area contributed by atoms with E-state index in [4.69, 9.17) is 16.7 Å². The molecule has 1 radical (unpaired) electrons. The summed E-state index contributed by atoms with van der Waals surface area (Å²) in [6, 6.07) is 20.0. The fourth-order valence-electron chi connectivity index (χ4n) is 3.75. The summed E-state index contributed by atoms with van der Waals surface area (Å²) in [6.07, 6.45) is 5.49. The molecule has 0 aliphatic heterocycles. The predicted molar refractivity (Wildman–Crippen MR) is 107 cm³/mol. The van der Waals surface area contributed by atoms with Gasteiger partial charge in [0.05, 0.1) is 0 Å². The molecule has 1 aliphatic rings. The van der Waals surface area contributed by atoms with Crippen molar-refractivity contribution in [1.29, 1.82) is 0 Å². The Morgan fingerprint density at radius 2 is 1.88 bits per heavy atom. The minimum absolute atomic E-state index is 0. The van der Waals surface area contributed by atoms with Gasteiger partial charge in [-0.25, -0.2) is 0 Å². The standard InChI is InChI=1S/C22H26ClOS.Y/c23-22-12-11-19(10-9-17-5-2-1-3-6-17)21(22)16-25-20-8-4-7-18(15-20)13-14-24;/h2-8,15,19,21-22,24H,9-14,16H2;/q-1;/t19-,21+,22?;/m0./s1. The molecule has 3 atom stereocenters. The number of aliphatic hydroxyl groups is 1. The molecule has 0 amide bonds. The van der Waals surface area contributed by atoms with Gasteiger partial charge in [0.15, 0.2) is 0 Å². The zero-order chi connectivity index (χ0) is 17.5. The average Bonchev–Trinajstić information content (AvgIpc) is 2.99. The van der Waals surface area contributed by atoms with E-state index in [2.05, 4.69) is 42.5 Å². The molecular weight excluding hydrogens is 437 g/mol. The molecule has 0 bridgehead atoms. The Bertz CT molecular complexity index is 652. The number of aryl methyl sites for hydroxylation is 1. The van der Waals surface area contributed by atoms with E-state index in [9.17, 15) is 0 Å². The number of rotatable bonds is 8. The van der Waals surface area contributed by atoms with Gasteiger partial charge in [-0.3, -0.25) is 0 Å². The van der Waals surface area contributed by atoms with Crippen molar-refractivity contribution < 1.29 is 37.8 Å². The topological polar surface area (TPSA) is 20.2 Å². The van der Waals surface area contributed by atoms with Crippen LogP contribution in [-0.4, -0.2) is 22.8 Å². The summed E-state index contributed by atoms with van der Waals surface area (Å²) in [5, 5.41) is 9.42. The van der Waals surface area contributed by atoms with Gasteiger partial charge in [-0.15, -0.1) is 23.4 Å². The van der Waals surface area contributed by atoms with Crippen LogP contribution in [0.3, 0.4) is 0 Å². The number of hydrogen-bond acceptors (Lipinski definition) is 2. The van der Waals surface area contributed by atoms with Crippen molar-refractivity contribution in [1.82, 2.24) is 0 Å². The number of aliphatic hydroxyl groups excluding tert-OH is 1. The van der Waals surface area contributed by atoms with Gasteiger partial charge in [-0.1, -0.05) is 18.6 Å². The predicted octanol–water partition coefficient (Wildman–Crippen LogP) is 5.38.